The molecule has 0 bridgehead atoms. The summed E-state index contributed by atoms with van der Waals surface area (Å²) in [6.45, 7) is 1.58. The number of hydrogen-bond donors (Lipinski definition) is 1. The fraction of sp³-hybridized carbons (Fsp3) is 0.583. The normalized spacial score (nSPS) is 16.6. The van der Waals surface area contributed by atoms with Gasteiger partial charge in [-0.3, -0.25) is 0 Å². The van der Waals surface area contributed by atoms with E-state index in [1.165, 1.54) is 25.7 Å². The standard InChI is InChI=1S/C12H17BrN2O/c13-11-6-3-7-12(15-11)14-8-9-16-10-4-1-2-5-10/h3,6-7,10H,1-2,4-5,8-9H2,(H,14,15). The second kappa shape index (κ2) is 6.21. The number of aromatic nitrogens is 1. The molecule has 1 saturated carbocycles. The Morgan fingerprint density at radius 2 is 2.19 bits per heavy atom. The van der Waals surface area contributed by atoms with Crippen LogP contribution in [0, 0.1) is 0 Å². The van der Waals surface area contributed by atoms with E-state index >= 15 is 0 Å². The van der Waals surface area contributed by atoms with Crippen LogP contribution in [-0.4, -0.2) is 24.2 Å². The third-order valence-corrected chi connectivity index (χ3v) is 3.22. The Bertz CT molecular complexity index is 327. The summed E-state index contributed by atoms with van der Waals surface area (Å²) >= 11 is 3.34. The van der Waals surface area contributed by atoms with E-state index < -0.39 is 0 Å². The average Bonchev–Trinajstić information content (AvgIpc) is 2.77. The molecule has 3 nitrogen and oxygen atoms in total. The minimum Gasteiger partial charge on any atom is -0.376 e. The molecule has 0 aliphatic heterocycles. The van der Waals surface area contributed by atoms with Crippen molar-refractivity contribution in [3.63, 3.8) is 0 Å². The SMILES string of the molecule is Brc1cccc(NCCOC2CCCC2)n1. The Kier molecular flexibility index (Phi) is 4.60. The molecule has 0 atom stereocenters. The lowest BCUT2D eigenvalue weighted by atomic mass is 10.3. The van der Waals surface area contributed by atoms with Crippen LogP contribution in [0.1, 0.15) is 25.7 Å². The second-order valence-electron chi connectivity index (χ2n) is 4.05. The molecule has 0 spiro atoms. The van der Waals surface area contributed by atoms with Crippen molar-refractivity contribution in [3.8, 4) is 0 Å². The minimum absolute atomic E-state index is 0.497. The number of hydrogen-bond acceptors (Lipinski definition) is 3. The highest BCUT2D eigenvalue weighted by Crippen LogP contribution is 2.20. The zero-order chi connectivity index (χ0) is 11.2. The first-order chi connectivity index (χ1) is 7.84. The number of nitrogens with zero attached hydrogens (tertiary/aromatic N) is 1. The highest BCUT2D eigenvalue weighted by atomic mass is 79.9. The Hall–Kier alpha value is -0.610. The van der Waals surface area contributed by atoms with Gasteiger partial charge in [-0.05, 0) is 40.9 Å². The quantitative estimate of drug-likeness (QED) is 0.666. The van der Waals surface area contributed by atoms with Crippen LogP contribution in [0.4, 0.5) is 5.82 Å². The third-order valence-electron chi connectivity index (χ3n) is 2.78. The lowest BCUT2D eigenvalue weighted by Crippen LogP contribution is -2.15. The molecule has 0 amide bonds. The zero-order valence-electron chi connectivity index (χ0n) is 9.29. The lowest BCUT2D eigenvalue weighted by Gasteiger charge is -2.11. The van der Waals surface area contributed by atoms with Crippen LogP contribution < -0.4 is 5.32 Å². The summed E-state index contributed by atoms with van der Waals surface area (Å²) in [6, 6.07) is 5.85. The maximum Gasteiger partial charge on any atom is 0.127 e. The van der Waals surface area contributed by atoms with Crippen molar-refractivity contribution in [1.29, 1.82) is 0 Å². The van der Waals surface area contributed by atoms with Gasteiger partial charge in [0, 0.05) is 6.54 Å². The molecule has 0 unspecified atom stereocenters. The van der Waals surface area contributed by atoms with Crippen molar-refractivity contribution in [2.75, 3.05) is 18.5 Å². The van der Waals surface area contributed by atoms with Gasteiger partial charge in [-0.2, -0.15) is 0 Å². The summed E-state index contributed by atoms with van der Waals surface area (Å²) in [5.74, 6) is 0.893. The molecule has 1 fully saturated rings. The van der Waals surface area contributed by atoms with Crippen LogP contribution >= 0.6 is 15.9 Å². The summed E-state index contributed by atoms with van der Waals surface area (Å²) in [6.07, 6.45) is 5.61. The molecule has 1 aromatic heterocycles. The van der Waals surface area contributed by atoms with Crippen LogP contribution in [0.25, 0.3) is 0 Å². The maximum absolute atomic E-state index is 5.75. The smallest absolute Gasteiger partial charge is 0.127 e. The highest BCUT2D eigenvalue weighted by molar-refractivity contribution is 9.10. The number of pyridine rings is 1. The molecule has 1 aromatic rings. The highest BCUT2D eigenvalue weighted by Gasteiger charge is 2.14. The van der Waals surface area contributed by atoms with Crippen molar-refractivity contribution in [2.24, 2.45) is 0 Å². The van der Waals surface area contributed by atoms with E-state index in [-0.39, 0.29) is 0 Å². The molecule has 1 heterocycles. The largest absolute Gasteiger partial charge is 0.376 e. The van der Waals surface area contributed by atoms with Gasteiger partial charge in [0.25, 0.3) is 0 Å². The maximum atomic E-state index is 5.75. The summed E-state index contributed by atoms with van der Waals surface area (Å²) in [4.78, 5) is 4.29. The number of ether oxygens (including phenoxy) is 1. The first kappa shape index (κ1) is 11.9. The zero-order valence-corrected chi connectivity index (χ0v) is 10.9. The van der Waals surface area contributed by atoms with Crippen molar-refractivity contribution >= 4 is 21.7 Å². The molecular weight excluding hydrogens is 268 g/mol. The van der Waals surface area contributed by atoms with Gasteiger partial charge in [0.15, 0.2) is 0 Å². The summed E-state index contributed by atoms with van der Waals surface area (Å²) < 4.78 is 6.61. The first-order valence-corrected chi connectivity index (χ1v) is 6.62. The molecule has 1 N–H and O–H groups in total. The van der Waals surface area contributed by atoms with Crippen molar-refractivity contribution in [3.05, 3.63) is 22.8 Å². The van der Waals surface area contributed by atoms with Crippen LogP contribution in [0.3, 0.4) is 0 Å². The lowest BCUT2D eigenvalue weighted by molar-refractivity contribution is 0.0658. The van der Waals surface area contributed by atoms with Crippen molar-refractivity contribution in [1.82, 2.24) is 4.98 Å². The van der Waals surface area contributed by atoms with E-state index in [1.54, 1.807) is 0 Å². The molecular formula is C12H17BrN2O. The van der Waals surface area contributed by atoms with Gasteiger partial charge >= 0.3 is 0 Å². The van der Waals surface area contributed by atoms with Crippen LogP contribution in [0.2, 0.25) is 0 Å². The van der Waals surface area contributed by atoms with E-state index in [1.807, 2.05) is 18.2 Å². The Morgan fingerprint density at radius 1 is 1.38 bits per heavy atom. The average molecular weight is 285 g/mol. The predicted octanol–water partition coefficient (Wildman–Crippen LogP) is 3.22. The van der Waals surface area contributed by atoms with Gasteiger partial charge in [-0.15, -0.1) is 0 Å². The number of nitrogens with one attached hydrogen (secondary N) is 1. The summed E-state index contributed by atoms with van der Waals surface area (Å²) in [5, 5.41) is 3.24. The molecule has 16 heavy (non-hydrogen) atoms. The van der Waals surface area contributed by atoms with E-state index in [2.05, 4.69) is 26.2 Å². The topological polar surface area (TPSA) is 34.1 Å². The van der Waals surface area contributed by atoms with E-state index in [0.29, 0.717) is 6.10 Å². The molecule has 0 radical (unpaired) electrons. The molecule has 4 heteroatoms. The van der Waals surface area contributed by atoms with Crippen molar-refractivity contribution < 1.29 is 4.74 Å². The van der Waals surface area contributed by atoms with Gasteiger partial charge in [0.05, 0.1) is 12.7 Å². The molecule has 0 aromatic carbocycles. The molecule has 1 aliphatic carbocycles. The fourth-order valence-corrected chi connectivity index (χ4v) is 2.31. The number of anilines is 1. The van der Waals surface area contributed by atoms with E-state index in [9.17, 15) is 0 Å². The first-order valence-electron chi connectivity index (χ1n) is 5.82. The molecule has 1 aliphatic rings. The summed E-state index contributed by atoms with van der Waals surface area (Å²) in [5.41, 5.74) is 0. The number of rotatable bonds is 5. The molecule has 2 rings (SSSR count). The summed E-state index contributed by atoms with van der Waals surface area (Å²) in [7, 11) is 0. The van der Waals surface area contributed by atoms with Gasteiger partial charge in [-0.25, -0.2) is 4.98 Å². The van der Waals surface area contributed by atoms with Gasteiger partial charge in [0.1, 0.15) is 10.4 Å². The van der Waals surface area contributed by atoms with Gasteiger partial charge in [0.2, 0.25) is 0 Å². The Morgan fingerprint density at radius 3 is 2.94 bits per heavy atom. The second-order valence-corrected chi connectivity index (χ2v) is 4.86. The van der Waals surface area contributed by atoms with Crippen LogP contribution in [0.5, 0.6) is 0 Å². The molecule has 0 saturated heterocycles. The monoisotopic (exact) mass is 284 g/mol. The minimum atomic E-state index is 0.497. The fourth-order valence-electron chi connectivity index (χ4n) is 1.97. The van der Waals surface area contributed by atoms with E-state index in [0.717, 1.165) is 23.6 Å². The Labute approximate surface area is 105 Å². The van der Waals surface area contributed by atoms with E-state index in [4.69, 9.17) is 4.74 Å². The molecule has 88 valence electrons. The van der Waals surface area contributed by atoms with Crippen molar-refractivity contribution in [2.45, 2.75) is 31.8 Å². The van der Waals surface area contributed by atoms with Crippen LogP contribution in [-0.2, 0) is 4.74 Å². The van der Waals surface area contributed by atoms with Crippen LogP contribution in [0.15, 0.2) is 22.8 Å². The van der Waals surface area contributed by atoms with Gasteiger partial charge in [-0.1, -0.05) is 18.9 Å². The number of halogens is 1. The third kappa shape index (κ3) is 3.76. The predicted molar refractivity (Wildman–Crippen MR) is 68.6 cm³/mol. The Balaban J connectivity index is 1.64. The van der Waals surface area contributed by atoms with Gasteiger partial charge < -0.3 is 10.1 Å².